The van der Waals surface area contributed by atoms with E-state index in [-0.39, 0.29) is 14.0 Å². The van der Waals surface area contributed by atoms with E-state index in [4.69, 9.17) is 5.11 Å². The van der Waals surface area contributed by atoms with Crippen LogP contribution in [0.1, 0.15) is 73.9 Å². The Hall–Kier alpha value is -1.34. The third-order valence-electron chi connectivity index (χ3n) is 2.13. The van der Waals surface area contributed by atoms with Gasteiger partial charge in [0.05, 0.1) is 6.61 Å². The fourth-order valence-electron chi connectivity index (χ4n) is 1.34. The van der Waals surface area contributed by atoms with Crippen LogP contribution in [0.3, 0.4) is 0 Å². The van der Waals surface area contributed by atoms with Gasteiger partial charge in [-0.2, -0.15) is 0 Å². The van der Waals surface area contributed by atoms with Crippen LogP contribution in [0.2, 0.25) is 0 Å². The number of benzene rings is 1. The molecule has 0 saturated heterocycles. The highest BCUT2D eigenvalue weighted by Crippen LogP contribution is 2.16. The van der Waals surface area contributed by atoms with Crippen molar-refractivity contribution in [3.8, 4) is 0 Å². The summed E-state index contributed by atoms with van der Waals surface area (Å²) in [7, 11) is 0. The van der Waals surface area contributed by atoms with E-state index in [1.165, 1.54) is 11.1 Å². The molecular formula is C20H38O. The lowest BCUT2D eigenvalue weighted by Crippen LogP contribution is -1.84. The lowest BCUT2D eigenvalue weighted by Gasteiger charge is -2.02. The van der Waals surface area contributed by atoms with Crippen molar-refractivity contribution >= 4 is 5.57 Å². The maximum absolute atomic E-state index is 8.90. The Morgan fingerprint density at radius 3 is 1.62 bits per heavy atom. The smallest absolute Gasteiger partial charge is 0.0681 e. The molecule has 0 radical (unpaired) electrons. The molecule has 0 saturated carbocycles. The summed E-state index contributed by atoms with van der Waals surface area (Å²) in [5.41, 5.74) is 3.34. The molecule has 0 aliphatic heterocycles. The molecule has 1 nitrogen and oxygen atoms in total. The molecule has 0 fully saturated rings. The summed E-state index contributed by atoms with van der Waals surface area (Å²) in [5.74, 6) is 0. The van der Waals surface area contributed by atoms with E-state index < -0.39 is 0 Å². The van der Waals surface area contributed by atoms with Gasteiger partial charge in [-0.15, -0.1) is 0 Å². The first-order valence-electron chi connectivity index (χ1n) is 7.81. The van der Waals surface area contributed by atoms with Crippen LogP contribution in [0, 0.1) is 0 Å². The predicted molar refractivity (Wildman–Crippen MR) is 102 cm³/mol. The first-order valence-corrected chi connectivity index (χ1v) is 7.81. The van der Waals surface area contributed by atoms with Gasteiger partial charge in [-0.3, -0.25) is 0 Å². The Morgan fingerprint density at radius 2 is 1.33 bits per heavy atom. The number of hydrogen-bond donors (Lipinski definition) is 1. The second-order valence-electron chi connectivity index (χ2n) is 3.10. The van der Waals surface area contributed by atoms with E-state index in [1.807, 2.05) is 85.7 Å². The van der Waals surface area contributed by atoms with Crippen molar-refractivity contribution in [2.75, 3.05) is 0 Å². The van der Waals surface area contributed by atoms with E-state index in [0.717, 1.165) is 5.56 Å². The van der Waals surface area contributed by atoms with Crippen LogP contribution in [-0.4, -0.2) is 5.11 Å². The standard InChI is InChI=1S/C13H16O.3C2H6.CH4/c1-3-5-12(4-2)13-8-6-11(10-14)7-9-13;3*1-2;/h3-9,14H,10H2,1-2H3;3*1-2H3;1H4/b5-3-,12-4+;;;;. The summed E-state index contributed by atoms with van der Waals surface area (Å²) in [6.45, 7) is 16.1. The van der Waals surface area contributed by atoms with Crippen LogP contribution in [-0.2, 0) is 6.61 Å². The van der Waals surface area contributed by atoms with E-state index in [0.29, 0.717) is 0 Å². The summed E-state index contributed by atoms with van der Waals surface area (Å²) < 4.78 is 0. The van der Waals surface area contributed by atoms with Gasteiger partial charge < -0.3 is 5.11 Å². The van der Waals surface area contributed by atoms with Crippen molar-refractivity contribution in [2.45, 2.75) is 69.4 Å². The Labute approximate surface area is 134 Å². The number of allylic oxidation sites excluding steroid dienone is 4. The normalized spacial score (nSPS) is 9.10. The zero-order valence-corrected chi connectivity index (χ0v) is 14.7. The predicted octanol–water partition coefficient (Wildman–Crippen LogP) is 6.87. The van der Waals surface area contributed by atoms with E-state index in [2.05, 4.69) is 12.2 Å². The van der Waals surface area contributed by atoms with E-state index in [1.54, 1.807) is 0 Å². The maximum atomic E-state index is 8.90. The van der Waals surface area contributed by atoms with Crippen LogP contribution in [0.25, 0.3) is 5.57 Å². The summed E-state index contributed by atoms with van der Waals surface area (Å²) in [6.07, 6.45) is 6.18. The van der Waals surface area contributed by atoms with Gasteiger partial charge in [-0.05, 0) is 30.5 Å². The van der Waals surface area contributed by atoms with Crippen LogP contribution in [0.5, 0.6) is 0 Å². The highest BCUT2D eigenvalue weighted by Gasteiger charge is 1.96. The monoisotopic (exact) mass is 294 g/mol. The van der Waals surface area contributed by atoms with E-state index in [9.17, 15) is 0 Å². The molecule has 1 rings (SSSR count). The molecule has 0 aliphatic carbocycles. The molecule has 1 aromatic carbocycles. The molecule has 1 heteroatoms. The third-order valence-corrected chi connectivity index (χ3v) is 2.13. The summed E-state index contributed by atoms with van der Waals surface area (Å²) in [5, 5.41) is 8.90. The van der Waals surface area contributed by atoms with Crippen molar-refractivity contribution in [3.05, 3.63) is 53.6 Å². The van der Waals surface area contributed by atoms with Gasteiger partial charge in [-0.25, -0.2) is 0 Å². The van der Waals surface area contributed by atoms with Crippen LogP contribution in [0.15, 0.2) is 42.5 Å². The van der Waals surface area contributed by atoms with Gasteiger partial charge in [0.1, 0.15) is 0 Å². The molecule has 124 valence electrons. The topological polar surface area (TPSA) is 20.2 Å². The van der Waals surface area contributed by atoms with Crippen LogP contribution < -0.4 is 0 Å². The van der Waals surface area contributed by atoms with Gasteiger partial charge in [0.25, 0.3) is 0 Å². The first kappa shape index (κ1) is 27.9. The molecule has 0 aliphatic rings. The third kappa shape index (κ3) is 13.4. The molecule has 1 aromatic rings. The number of aliphatic hydroxyl groups is 1. The van der Waals surface area contributed by atoms with Crippen molar-refractivity contribution < 1.29 is 5.11 Å². The van der Waals surface area contributed by atoms with Crippen molar-refractivity contribution in [1.29, 1.82) is 0 Å². The minimum Gasteiger partial charge on any atom is -0.392 e. The molecular weight excluding hydrogens is 256 g/mol. The van der Waals surface area contributed by atoms with Crippen LogP contribution >= 0.6 is 0 Å². The molecule has 0 heterocycles. The lowest BCUT2D eigenvalue weighted by molar-refractivity contribution is 0.282. The Balaban J connectivity index is -0.000000183. The quantitative estimate of drug-likeness (QED) is 0.603. The minimum absolute atomic E-state index is 0. The highest BCUT2D eigenvalue weighted by molar-refractivity contribution is 5.73. The van der Waals surface area contributed by atoms with Gasteiger partial charge >= 0.3 is 0 Å². The number of rotatable bonds is 3. The number of aliphatic hydroxyl groups excluding tert-OH is 1. The van der Waals surface area contributed by atoms with Crippen LogP contribution in [0.4, 0.5) is 0 Å². The first-order chi connectivity index (χ1) is 9.81. The SMILES string of the molecule is C.C/C=C\C(=C/C)c1ccc(CO)cc1.CC.CC.CC. The van der Waals surface area contributed by atoms with Crippen molar-refractivity contribution in [2.24, 2.45) is 0 Å². The van der Waals surface area contributed by atoms with Gasteiger partial charge in [0, 0.05) is 0 Å². The molecule has 0 atom stereocenters. The zero-order chi connectivity index (χ0) is 16.4. The molecule has 0 spiro atoms. The van der Waals surface area contributed by atoms with Crippen molar-refractivity contribution in [1.82, 2.24) is 0 Å². The Kier molecular flexibility index (Phi) is 31.5. The largest absolute Gasteiger partial charge is 0.392 e. The Bertz CT molecular complexity index is 331. The maximum Gasteiger partial charge on any atom is 0.0681 e. The molecule has 21 heavy (non-hydrogen) atoms. The molecule has 0 aromatic heterocycles. The average Bonchev–Trinajstić information content (AvgIpc) is 2.58. The average molecular weight is 295 g/mol. The molecule has 0 amide bonds. The lowest BCUT2D eigenvalue weighted by atomic mass is 10.0. The van der Waals surface area contributed by atoms with E-state index >= 15 is 0 Å². The molecule has 0 unspecified atom stereocenters. The number of hydrogen-bond acceptors (Lipinski definition) is 1. The fourth-order valence-corrected chi connectivity index (χ4v) is 1.34. The zero-order valence-electron chi connectivity index (χ0n) is 14.7. The molecule has 0 bridgehead atoms. The Morgan fingerprint density at radius 1 is 0.905 bits per heavy atom. The summed E-state index contributed by atoms with van der Waals surface area (Å²) in [4.78, 5) is 0. The van der Waals surface area contributed by atoms with Gasteiger partial charge in [0.2, 0.25) is 0 Å². The summed E-state index contributed by atoms with van der Waals surface area (Å²) in [6, 6.07) is 7.95. The van der Waals surface area contributed by atoms with Crippen molar-refractivity contribution in [3.63, 3.8) is 0 Å². The molecule has 1 N–H and O–H groups in total. The highest BCUT2D eigenvalue weighted by atomic mass is 16.3. The minimum atomic E-state index is 0. The second-order valence-corrected chi connectivity index (χ2v) is 3.10. The fraction of sp³-hybridized carbons (Fsp3) is 0.500. The second kappa shape index (κ2) is 23.7. The van der Waals surface area contributed by atoms with Gasteiger partial charge in [0.15, 0.2) is 0 Å². The summed E-state index contributed by atoms with van der Waals surface area (Å²) >= 11 is 0. The van der Waals surface area contributed by atoms with Gasteiger partial charge in [-0.1, -0.05) is 91.5 Å².